The molecule has 0 spiro atoms. The fraction of sp³-hybridized carbons (Fsp3) is 0.333. The van der Waals surface area contributed by atoms with E-state index < -0.39 is 0 Å². The highest BCUT2D eigenvalue weighted by Gasteiger charge is 2.20. The fourth-order valence-corrected chi connectivity index (χ4v) is 3.80. The molecule has 0 aliphatic carbocycles. The second-order valence-corrected chi connectivity index (χ2v) is 7.63. The Kier molecular flexibility index (Phi) is 7.14. The number of nitrogens with one attached hydrogen (secondary N) is 1. The zero-order valence-corrected chi connectivity index (χ0v) is 16.1. The molecule has 2 aromatic rings. The number of benzene rings is 2. The lowest BCUT2D eigenvalue weighted by atomic mass is 10.1. The van der Waals surface area contributed by atoms with Crippen LogP contribution in [0.2, 0.25) is 0 Å². The van der Waals surface area contributed by atoms with Gasteiger partial charge in [-0.15, -0.1) is 11.8 Å². The van der Waals surface area contributed by atoms with Gasteiger partial charge < -0.3 is 10.2 Å². The maximum atomic E-state index is 12.3. The van der Waals surface area contributed by atoms with Crippen molar-refractivity contribution < 1.29 is 4.79 Å². The molecular weight excluding hydrogens is 356 g/mol. The van der Waals surface area contributed by atoms with Gasteiger partial charge in [-0.05, 0) is 29.8 Å². The number of nitriles is 1. The van der Waals surface area contributed by atoms with Gasteiger partial charge in [0.25, 0.3) is 0 Å². The average molecular weight is 381 g/mol. The number of hydrogen-bond donors (Lipinski definition) is 1. The van der Waals surface area contributed by atoms with Crippen molar-refractivity contribution in [3.05, 3.63) is 65.7 Å². The molecule has 27 heavy (non-hydrogen) atoms. The van der Waals surface area contributed by atoms with E-state index in [0.29, 0.717) is 12.1 Å². The Morgan fingerprint density at radius 3 is 2.41 bits per heavy atom. The summed E-state index contributed by atoms with van der Waals surface area (Å²) in [5.74, 6) is 0.869. The van der Waals surface area contributed by atoms with Crippen LogP contribution >= 0.6 is 11.8 Å². The molecule has 0 aromatic heterocycles. The van der Waals surface area contributed by atoms with Crippen molar-refractivity contribution in [2.24, 2.45) is 0 Å². The highest BCUT2D eigenvalue weighted by molar-refractivity contribution is 7.99. The Morgan fingerprint density at radius 1 is 1.04 bits per heavy atom. The maximum Gasteiger partial charge on any atom is 0.317 e. The van der Waals surface area contributed by atoms with Crippen LogP contribution in [0.5, 0.6) is 0 Å². The molecule has 5 nitrogen and oxygen atoms in total. The van der Waals surface area contributed by atoms with Crippen molar-refractivity contribution >= 4 is 17.8 Å². The van der Waals surface area contributed by atoms with E-state index in [9.17, 15) is 4.79 Å². The number of urea groups is 1. The monoisotopic (exact) mass is 380 g/mol. The van der Waals surface area contributed by atoms with Gasteiger partial charge >= 0.3 is 6.03 Å². The summed E-state index contributed by atoms with van der Waals surface area (Å²) in [5, 5.41) is 11.9. The third-order valence-corrected chi connectivity index (χ3v) is 5.55. The number of piperazine rings is 1. The van der Waals surface area contributed by atoms with E-state index in [1.807, 2.05) is 47.4 Å². The molecule has 3 rings (SSSR count). The minimum absolute atomic E-state index is 0.0293. The zero-order chi connectivity index (χ0) is 18.9. The Labute approximate surface area is 165 Å². The molecule has 1 aliphatic rings. The molecule has 2 aromatic carbocycles. The third kappa shape index (κ3) is 6.02. The lowest BCUT2D eigenvalue weighted by Crippen LogP contribution is -2.51. The van der Waals surface area contributed by atoms with E-state index >= 15 is 0 Å². The van der Waals surface area contributed by atoms with Crippen LogP contribution in [0.25, 0.3) is 0 Å². The molecule has 1 aliphatic heterocycles. The van der Waals surface area contributed by atoms with Crippen molar-refractivity contribution in [1.82, 2.24) is 15.1 Å². The van der Waals surface area contributed by atoms with Crippen LogP contribution in [-0.4, -0.2) is 54.3 Å². The standard InChI is InChI=1S/C21H24N4OS/c22-16-18-6-8-19(9-7-18)17-24-11-13-25(14-12-24)21(26)23-10-15-27-20-4-2-1-3-5-20/h1-9H,10-15,17H2,(H,23,26). The van der Waals surface area contributed by atoms with E-state index in [1.165, 1.54) is 10.5 Å². The van der Waals surface area contributed by atoms with Crippen LogP contribution in [0.15, 0.2) is 59.5 Å². The van der Waals surface area contributed by atoms with Crippen LogP contribution < -0.4 is 5.32 Å². The molecule has 140 valence electrons. The summed E-state index contributed by atoms with van der Waals surface area (Å²) in [7, 11) is 0. The molecule has 0 unspecified atom stereocenters. The summed E-state index contributed by atoms with van der Waals surface area (Å²) in [6.07, 6.45) is 0. The van der Waals surface area contributed by atoms with Gasteiger partial charge in [0.2, 0.25) is 0 Å². The van der Waals surface area contributed by atoms with E-state index in [0.717, 1.165) is 38.5 Å². The van der Waals surface area contributed by atoms with Crippen molar-refractivity contribution in [1.29, 1.82) is 5.26 Å². The quantitative estimate of drug-likeness (QED) is 0.618. The van der Waals surface area contributed by atoms with Gasteiger partial charge in [0.05, 0.1) is 11.6 Å². The Hall–Kier alpha value is -2.49. The van der Waals surface area contributed by atoms with Crippen LogP contribution in [0.4, 0.5) is 4.79 Å². The van der Waals surface area contributed by atoms with Gasteiger partial charge in [-0.25, -0.2) is 4.79 Å². The van der Waals surface area contributed by atoms with Gasteiger partial charge in [0, 0.05) is 49.9 Å². The Bertz CT molecular complexity index is 765. The first kappa shape index (κ1) is 19.3. The number of nitrogens with zero attached hydrogens (tertiary/aromatic N) is 3. The number of carbonyl (C=O) groups excluding carboxylic acids is 1. The van der Waals surface area contributed by atoms with E-state index in [4.69, 9.17) is 5.26 Å². The predicted molar refractivity (Wildman–Crippen MR) is 109 cm³/mol. The minimum Gasteiger partial charge on any atom is -0.337 e. The summed E-state index contributed by atoms with van der Waals surface area (Å²) < 4.78 is 0. The van der Waals surface area contributed by atoms with E-state index in [2.05, 4.69) is 28.4 Å². The van der Waals surface area contributed by atoms with Gasteiger partial charge in [-0.3, -0.25) is 4.90 Å². The second-order valence-electron chi connectivity index (χ2n) is 6.47. The Balaban J connectivity index is 1.34. The molecule has 0 atom stereocenters. The SMILES string of the molecule is N#Cc1ccc(CN2CCN(C(=O)NCCSc3ccccc3)CC2)cc1. The van der Waals surface area contributed by atoms with E-state index in [-0.39, 0.29) is 6.03 Å². The summed E-state index contributed by atoms with van der Waals surface area (Å²) in [6.45, 7) is 4.75. The molecular formula is C21H24N4OS. The zero-order valence-electron chi connectivity index (χ0n) is 15.3. The predicted octanol–water partition coefficient (Wildman–Crippen LogP) is 3.18. The summed E-state index contributed by atoms with van der Waals surface area (Å²) in [5.41, 5.74) is 1.88. The lowest BCUT2D eigenvalue weighted by Gasteiger charge is -2.34. The number of rotatable bonds is 6. The maximum absolute atomic E-state index is 12.3. The summed E-state index contributed by atoms with van der Waals surface area (Å²) in [6, 6.07) is 20.1. The summed E-state index contributed by atoms with van der Waals surface area (Å²) in [4.78, 5) is 17.8. The Morgan fingerprint density at radius 2 is 1.74 bits per heavy atom. The molecule has 0 saturated carbocycles. The number of hydrogen-bond acceptors (Lipinski definition) is 4. The topological polar surface area (TPSA) is 59.4 Å². The van der Waals surface area contributed by atoms with Crippen molar-refractivity contribution in [3.63, 3.8) is 0 Å². The van der Waals surface area contributed by atoms with Gasteiger partial charge in [0.1, 0.15) is 0 Å². The molecule has 1 N–H and O–H groups in total. The molecule has 1 saturated heterocycles. The normalized spacial score (nSPS) is 14.6. The van der Waals surface area contributed by atoms with Crippen LogP contribution in [0, 0.1) is 11.3 Å². The smallest absolute Gasteiger partial charge is 0.317 e. The van der Waals surface area contributed by atoms with Crippen LogP contribution in [0.3, 0.4) is 0 Å². The molecule has 1 fully saturated rings. The molecule has 0 bridgehead atoms. The first-order valence-corrected chi connectivity index (χ1v) is 10.2. The van der Waals surface area contributed by atoms with Gasteiger partial charge in [-0.2, -0.15) is 5.26 Å². The molecule has 0 radical (unpaired) electrons. The lowest BCUT2D eigenvalue weighted by molar-refractivity contribution is 0.135. The highest BCUT2D eigenvalue weighted by Crippen LogP contribution is 2.16. The van der Waals surface area contributed by atoms with Gasteiger partial charge in [-0.1, -0.05) is 30.3 Å². The first-order valence-electron chi connectivity index (χ1n) is 9.16. The first-order chi connectivity index (χ1) is 13.2. The molecule has 6 heteroatoms. The van der Waals surface area contributed by atoms with Crippen LogP contribution in [-0.2, 0) is 6.54 Å². The van der Waals surface area contributed by atoms with Crippen molar-refractivity contribution in [2.45, 2.75) is 11.4 Å². The molecule has 2 amide bonds. The molecule has 1 heterocycles. The second kappa shape index (κ2) is 10.0. The van der Waals surface area contributed by atoms with Crippen molar-refractivity contribution in [2.75, 3.05) is 38.5 Å². The number of thioether (sulfide) groups is 1. The number of amides is 2. The van der Waals surface area contributed by atoms with Crippen LogP contribution in [0.1, 0.15) is 11.1 Å². The third-order valence-electron chi connectivity index (χ3n) is 4.54. The van der Waals surface area contributed by atoms with E-state index in [1.54, 1.807) is 11.8 Å². The average Bonchev–Trinajstić information content (AvgIpc) is 2.73. The minimum atomic E-state index is 0.0293. The summed E-state index contributed by atoms with van der Waals surface area (Å²) >= 11 is 1.75. The number of carbonyl (C=O) groups is 1. The largest absolute Gasteiger partial charge is 0.337 e. The van der Waals surface area contributed by atoms with Crippen molar-refractivity contribution in [3.8, 4) is 6.07 Å². The van der Waals surface area contributed by atoms with Gasteiger partial charge in [0.15, 0.2) is 0 Å². The fourth-order valence-electron chi connectivity index (χ4n) is 3.01. The highest BCUT2D eigenvalue weighted by atomic mass is 32.2.